The van der Waals surface area contributed by atoms with E-state index in [-0.39, 0.29) is 5.91 Å². The fraction of sp³-hybridized carbons (Fsp3) is 0.267. The highest BCUT2D eigenvalue weighted by Gasteiger charge is 2.12. The van der Waals surface area contributed by atoms with E-state index in [0.717, 1.165) is 18.6 Å². The smallest absolute Gasteiger partial charge is 0.255 e. The lowest BCUT2D eigenvalue weighted by atomic mass is 10.2. The first-order valence-corrected chi connectivity index (χ1v) is 6.89. The van der Waals surface area contributed by atoms with Gasteiger partial charge in [-0.05, 0) is 24.6 Å². The zero-order chi connectivity index (χ0) is 14.7. The quantitative estimate of drug-likeness (QED) is 0.716. The van der Waals surface area contributed by atoms with Crippen LogP contribution in [0.5, 0.6) is 0 Å². The predicted molar refractivity (Wildman–Crippen MR) is 79.0 cm³/mol. The van der Waals surface area contributed by atoms with Crippen LogP contribution in [0.1, 0.15) is 16.8 Å². The SMILES string of the molecule is CN(CCCn1cccn1)C(=O)c1ccc2nccn2c1. The zero-order valence-corrected chi connectivity index (χ0v) is 11.9. The molecule has 6 nitrogen and oxygen atoms in total. The summed E-state index contributed by atoms with van der Waals surface area (Å²) in [5.74, 6) is 0.0195. The molecule has 0 aliphatic heterocycles. The van der Waals surface area contributed by atoms with E-state index in [4.69, 9.17) is 0 Å². The molecule has 108 valence electrons. The van der Waals surface area contributed by atoms with Gasteiger partial charge in [0.25, 0.3) is 5.91 Å². The monoisotopic (exact) mass is 283 g/mol. The molecule has 3 heterocycles. The van der Waals surface area contributed by atoms with Crippen LogP contribution >= 0.6 is 0 Å². The second-order valence-corrected chi connectivity index (χ2v) is 4.96. The molecule has 6 heteroatoms. The van der Waals surface area contributed by atoms with Crippen LogP contribution in [0.25, 0.3) is 5.65 Å². The molecule has 0 bridgehead atoms. The zero-order valence-electron chi connectivity index (χ0n) is 11.9. The van der Waals surface area contributed by atoms with Gasteiger partial charge in [0.1, 0.15) is 5.65 Å². The molecule has 3 aromatic rings. The van der Waals surface area contributed by atoms with Crippen LogP contribution in [-0.2, 0) is 6.54 Å². The van der Waals surface area contributed by atoms with E-state index < -0.39 is 0 Å². The van der Waals surface area contributed by atoms with Crippen molar-refractivity contribution in [1.29, 1.82) is 0 Å². The highest BCUT2D eigenvalue weighted by molar-refractivity contribution is 5.94. The van der Waals surface area contributed by atoms with E-state index in [1.807, 2.05) is 52.9 Å². The minimum atomic E-state index is 0.0195. The van der Waals surface area contributed by atoms with Gasteiger partial charge in [-0.2, -0.15) is 5.10 Å². The molecule has 3 rings (SSSR count). The van der Waals surface area contributed by atoms with Gasteiger partial charge in [0.05, 0.1) is 5.56 Å². The lowest BCUT2D eigenvalue weighted by molar-refractivity contribution is 0.0791. The van der Waals surface area contributed by atoms with Crippen molar-refractivity contribution >= 4 is 11.6 Å². The van der Waals surface area contributed by atoms with Crippen molar-refractivity contribution in [3.8, 4) is 0 Å². The molecule has 0 fully saturated rings. The lowest BCUT2D eigenvalue weighted by Gasteiger charge is -2.17. The topological polar surface area (TPSA) is 55.4 Å². The predicted octanol–water partition coefficient (Wildman–Crippen LogP) is 1.69. The van der Waals surface area contributed by atoms with Gasteiger partial charge in [-0.1, -0.05) is 0 Å². The number of rotatable bonds is 5. The van der Waals surface area contributed by atoms with Crippen LogP contribution < -0.4 is 0 Å². The van der Waals surface area contributed by atoms with Gasteiger partial charge >= 0.3 is 0 Å². The van der Waals surface area contributed by atoms with Crippen LogP contribution in [0.2, 0.25) is 0 Å². The summed E-state index contributed by atoms with van der Waals surface area (Å²) in [7, 11) is 1.82. The molecule has 0 spiro atoms. The number of aryl methyl sites for hydroxylation is 1. The summed E-state index contributed by atoms with van der Waals surface area (Å²) < 4.78 is 3.72. The Hall–Kier alpha value is -2.63. The molecule has 21 heavy (non-hydrogen) atoms. The number of hydrogen-bond acceptors (Lipinski definition) is 3. The van der Waals surface area contributed by atoms with Gasteiger partial charge < -0.3 is 9.30 Å². The number of amides is 1. The molecule has 0 saturated heterocycles. The summed E-state index contributed by atoms with van der Waals surface area (Å²) in [6.45, 7) is 1.51. The summed E-state index contributed by atoms with van der Waals surface area (Å²) in [5.41, 5.74) is 1.51. The van der Waals surface area contributed by atoms with Crippen LogP contribution in [0.3, 0.4) is 0 Å². The van der Waals surface area contributed by atoms with Crippen molar-refractivity contribution in [1.82, 2.24) is 24.1 Å². The van der Waals surface area contributed by atoms with Gasteiger partial charge in [0.2, 0.25) is 0 Å². The van der Waals surface area contributed by atoms with E-state index in [0.29, 0.717) is 12.1 Å². The fourth-order valence-corrected chi connectivity index (χ4v) is 2.27. The third-order valence-electron chi connectivity index (χ3n) is 3.42. The maximum absolute atomic E-state index is 12.4. The second kappa shape index (κ2) is 5.78. The van der Waals surface area contributed by atoms with Crippen molar-refractivity contribution in [3.63, 3.8) is 0 Å². The first-order chi connectivity index (χ1) is 10.2. The number of nitrogens with zero attached hydrogens (tertiary/aromatic N) is 5. The van der Waals surface area contributed by atoms with E-state index in [1.54, 1.807) is 17.3 Å². The average molecular weight is 283 g/mol. The first kappa shape index (κ1) is 13.4. The summed E-state index contributed by atoms with van der Waals surface area (Å²) in [6.07, 6.45) is 9.93. The molecule has 0 radical (unpaired) electrons. The van der Waals surface area contributed by atoms with Gasteiger partial charge in [0, 0.05) is 51.1 Å². The van der Waals surface area contributed by atoms with Crippen molar-refractivity contribution in [2.24, 2.45) is 0 Å². The van der Waals surface area contributed by atoms with Crippen molar-refractivity contribution in [3.05, 3.63) is 54.7 Å². The number of fused-ring (bicyclic) bond motifs is 1. The average Bonchev–Trinajstić information content (AvgIpc) is 3.16. The minimum Gasteiger partial charge on any atom is -0.342 e. The molecular weight excluding hydrogens is 266 g/mol. The van der Waals surface area contributed by atoms with E-state index in [2.05, 4.69) is 10.1 Å². The Morgan fingerprint density at radius 1 is 1.29 bits per heavy atom. The molecule has 0 atom stereocenters. The Bertz CT molecular complexity index is 731. The maximum atomic E-state index is 12.4. The molecule has 1 amide bonds. The van der Waals surface area contributed by atoms with Crippen LogP contribution in [0.4, 0.5) is 0 Å². The number of carbonyl (C=O) groups excluding carboxylic acids is 1. The molecule has 0 unspecified atom stereocenters. The Morgan fingerprint density at radius 2 is 2.19 bits per heavy atom. The Balaban J connectivity index is 1.60. The van der Waals surface area contributed by atoms with Gasteiger partial charge in [-0.25, -0.2) is 4.98 Å². The Labute approximate surface area is 122 Å². The van der Waals surface area contributed by atoms with E-state index in [9.17, 15) is 4.79 Å². The molecule has 0 aliphatic rings. The highest BCUT2D eigenvalue weighted by atomic mass is 16.2. The van der Waals surface area contributed by atoms with Crippen molar-refractivity contribution in [2.75, 3.05) is 13.6 Å². The lowest BCUT2D eigenvalue weighted by Crippen LogP contribution is -2.28. The molecular formula is C15H17N5O. The fourth-order valence-electron chi connectivity index (χ4n) is 2.27. The standard InChI is InChI=1S/C15H17N5O/c1-18(8-3-10-20-9-2-6-17-20)15(21)13-4-5-14-16-7-11-19(14)12-13/h2,4-7,9,11-12H,3,8,10H2,1H3. The number of imidazole rings is 1. The van der Waals surface area contributed by atoms with Crippen LogP contribution in [0, 0.1) is 0 Å². The number of carbonyl (C=O) groups is 1. The molecule has 0 N–H and O–H groups in total. The van der Waals surface area contributed by atoms with Crippen LogP contribution in [0.15, 0.2) is 49.2 Å². The highest BCUT2D eigenvalue weighted by Crippen LogP contribution is 2.07. The number of pyridine rings is 1. The Morgan fingerprint density at radius 3 is 3.00 bits per heavy atom. The van der Waals surface area contributed by atoms with Gasteiger partial charge in [-0.3, -0.25) is 9.48 Å². The van der Waals surface area contributed by atoms with E-state index in [1.165, 1.54) is 0 Å². The van der Waals surface area contributed by atoms with Crippen molar-refractivity contribution < 1.29 is 4.79 Å². The number of aromatic nitrogens is 4. The summed E-state index contributed by atoms with van der Waals surface area (Å²) in [4.78, 5) is 18.3. The molecule has 3 aromatic heterocycles. The second-order valence-electron chi connectivity index (χ2n) is 4.96. The molecule has 0 aromatic carbocycles. The molecule has 0 saturated carbocycles. The normalized spacial score (nSPS) is 10.9. The summed E-state index contributed by atoms with van der Waals surface area (Å²) in [5, 5.41) is 4.15. The number of hydrogen-bond donors (Lipinski definition) is 0. The summed E-state index contributed by atoms with van der Waals surface area (Å²) >= 11 is 0. The van der Waals surface area contributed by atoms with Crippen LogP contribution in [-0.4, -0.2) is 43.6 Å². The largest absolute Gasteiger partial charge is 0.342 e. The van der Waals surface area contributed by atoms with Gasteiger partial charge in [-0.15, -0.1) is 0 Å². The third kappa shape index (κ3) is 2.94. The minimum absolute atomic E-state index is 0.0195. The van der Waals surface area contributed by atoms with E-state index >= 15 is 0 Å². The molecule has 0 aliphatic carbocycles. The van der Waals surface area contributed by atoms with Gasteiger partial charge in [0.15, 0.2) is 0 Å². The Kier molecular flexibility index (Phi) is 3.68. The maximum Gasteiger partial charge on any atom is 0.255 e. The third-order valence-corrected chi connectivity index (χ3v) is 3.42. The van der Waals surface area contributed by atoms with Crippen molar-refractivity contribution in [2.45, 2.75) is 13.0 Å². The first-order valence-electron chi connectivity index (χ1n) is 6.89. The summed E-state index contributed by atoms with van der Waals surface area (Å²) in [6, 6.07) is 5.56.